The van der Waals surface area contributed by atoms with Crippen LogP contribution in [0.2, 0.25) is 0 Å². The summed E-state index contributed by atoms with van der Waals surface area (Å²) in [6.45, 7) is 4.06. The molecule has 0 saturated carbocycles. The summed E-state index contributed by atoms with van der Waals surface area (Å²) in [5.41, 5.74) is 0.0895. The molecule has 0 aliphatic heterocycles. The average Bonchev–Trinajstić information content (AvgIpc) is 2.86. The van der Waals surface area contributed by atoms with E-state index in [1.54, 1.807) is 14.0 Å². The maximum atomic E-state index is 12.5. The number of hydrogen-bond donors (Lipinski definition) is 0. The van der Waals surface area contributed by atoms with Gasteiger partial charge in [-0.3, -0.25) is 4.79 Å². The molecule has 0 aliphatic carbocycles. The molecule has 0 bridgehead atoms. The number of amides is 1. The van der Waals surface area contributed by atoms with Crippen LogP contribution in [0.25, 0.3) is 5.82 Å². The largest absolute Gasteiger partial charge is 0.417 e. The van der Waals surface area contributed by atoms with Crippen molar-refractivity contribution < 1.29 is 18.0 Å². The van der Waals surface area contributed by atoms with Crippen molar-refractivity contribution in [1.29, 1.82) is 0 Å². The van der Waals surface area contributed by atoms with Gasteiger partial charge in [0.15, 0.2) is 5.82 Å². The first-order valence-corrected chi connectivity index (χ1v) is 6.59. The first-order chi connectivity index (χ1) is 10.3. The van der Waals surface area contributed by atoms with E-state index in [9.17, 15) is 18.0 Å². The smallest absolute Gasteiger partial charge is 0.342 e. The third kappa shape index (κ3) is 2.95. The van der Waals surface area contributed by atoms with Gasteiger partial charge in [0.25, 0.3) is 5.91 Å². The van der Waals surface area contributed by atoms with E-state index in [1.807, 2.05) is 6.92 Å². The van der Waals surface area contributed by atoms with Crippen LogP contribution in [0.5, 0.6) is 0 Å². The van der Waals surface area contributed by atoms with Crippen LogP contribution in [-0.4, -0.2) is 39.2 Å². The third-order valence-corrected chi connectivity index (χ3v) is 3.35. The van der Waals surface area contributed by atoms with Gasteiger partial charge in [-0.25, -0.2) is 9.67 Å². The lowest BCUT2D eigenvalue weighted by Gasteiger charge is -2.14. The topological polar surface area (TPSA) is 51.0 Å². The highest BCUT2D eigenvalue weighted by Crippen LogP contribution is 2.28. The van der Waals surface area contributed by atoms with E-state index in [4.69, 9.17) is 0 Å². The molecule has 22 heavy (non-hydrogen) atoms. The van der Waals surface area contributed by atoms with Crippen LogP contribution in [0, 0.1) is 6.92 Å². The van der Waals surface area contributed by atoms with Crippen LogP contribution >= 0.6 is 0 Å². The summed E-state index contributed by atoms with van der Waals surface area (Å²) >= 11 is 0. The van der Waals surface area contributed by atoms with Crippen LogP contribution in [0.4, 0.5) is 13.2 Å². The minimum absolute atomic E-state index is 0.196. The van der Waals surface area contributed by atoms with Gasteiger partial charge in [0.2, 0.25) is 0 Å². The fraction of sp³-hybridized carbons (Fsp3) is 0.357. The van der Waals surface area contributed by atoms with Crippen molar-refractivity contribution in [3.05, 3.63) is 41.3 Å². The van der Waals surface area contributed by atoms with Gasteiger partial charge in [-0.05, 0) is 26.0 Å². The fourth-order valence-electron chi connectivity index (χ4n) is 1.88. The predicted molar refractivity (Wildman–Crippen MR) is 73.7 cm³/mol. The summed E-state index contributed by atoms with van der Waals surface area (Å²) in [7, 11) is 1.66. The number of hydrogen-bond acceptors (Lipinski definition) is 3. The predicted octanol–water partition coefficient (Wildman–Crippen LogP) is 2.69. The summed E-state index contributed by atoms with van der Waals surface area (Å²) in [5, 5.41) is 4.04. The molecular weight excluding hydrogens is 297 g/mol. The summed E-state index contributed by atoms with van der Waals surface area (Å²) < 4.78 is 38.9. The van der Waals surface area contributed by atoms with Gasteiger partial charge in [-0.2, -0.15) is 18.3 Å². The first kappa shape index (κ1) is 16.0. The van der Waals surface area contributed by atoms with Crippen LogP contribution in [0.1, 0.15) is 28.5 Å². The molecule has 5 nitrogen and oxygen atoms in total. The van der Waals surface area contributed by atoms with E-state index in [2.05, 4.69) is 10.1 Å². The van der Waals surface area contributed by atoms with E-state index in [0.717, 1.165) is 12.3 Å². The van der Waals surface area contributed by atoms with Crippen LogP contribution in [-0.2, 0) is 6.18 Å². The molecule has 1 amide bonds. The Morgan fingerprint density at radius 2 is 2.00 bits per heavy atom. The second-order valence-corrected chi connectivity index (χ2v) is 4.78. The van der Waals surface area contributed by atoms with Crippen molar-refractivity contribution in [2.45, 2.75) is 20.0 Å². The maximum Gasteiger partial charge on any atom is 0.417 e. The normalized spacial score (nSPS) is 11.5. The second kappa shape index (κ2) is 5.78. The molecule has 0 N–H and O–H groups in total. The summed E-state index contributed by atoms with van der Waals surface area (Å²) in [6.07, 6.45) is -2.30. The Kier molecular flexibility index (Phi) is 4.20. The molecule has 0 spiro atoms. The van der Waals surface area contributed by atoms with Gasteiger partial charge in [0.1, 0.15) is 0 Å². The van der Waals surface area contributed by atoms with Crippen LogP contribution in [0.3, 0.4) is 0 Å². The van der Waals surface area contributed by atoms with Crippen molar-refractivity contribution in [3.8, 4) is 5.82 Å². The molecular formula is C14H15F3N4O. The second-order valence-electron chi connectivity index (χ2n) is 4.78. The molecule has 2 heterocycles. The standard InChI is InChI=1S/C14H15F3N4O/c1-4-20(3)13(22)11-8-19-21(9(11)2)12-6-5-10(7-18-12)14(15,16)17/h5-8H,4H2,1-3H3. The lowest BCUT2D eigenvalue weighted by Crippen LogP contribution is -2.26. The Morgan fingerprint density at radius 3 is 2.50 bits per heavy atom. The maximum absolute atomic E-state index is 12.5. The van der Waals surface area contributed by atoms with E-state index in [1.165, 1.54) is 21.8 Å². The van der Waals surface area contributed by atoms with Crippen LogP contribution in [0.15, 0.2) is 24.5 Å². The fourth-order valence-corrected chi connectivity index (χ4v) is 1.88. The zero-order valence-corrected chi connectivity index (χ0v) is 12.3. The van der Waals surface area contributed by atoms with Crippen molar-refractivity contribution in [3.63, 3.8) is 0 Å². The Bertz CT molecular complexity index is 676. The number of rotatable bonds is 3. The molecule has 2 aromatic rings. The van der Waals surface area contributed by atoms with E-state index in [0.29, 0.717) is 17.8 Å². The van der Waals surface area contributed by atoms with E-state index >= 15 is 0 Å². The van der Waals surface area contributed by atoms with Crippen molar-refractivity contribution >= 4 is 5.91 Å². The Labute approximate surface area is 125 Å². The van der Waals surface area contributed by atoms with Gasteiger partial charge in [0.05, 0.1) is 23.0 Å². The van der Waals surface area contributed by atoms with Crippen molar-refractivity contribution in [2.75, 3.05) is 13.6 Å². The van der Waals surface area contributed by atoms with Gasteiger partial charge in [-0.1, -0.05) is 0 Å². The molecule has 0 aromatic carbocycles. The van der Waals surface area contributed by atoms with Gasteiger partial charge >= 0.3 is 6.18 Å². The average molecular weight is 312 g/mol. The lowest BCUT2D eigenvalue weighted by atomic mass is 10.2. The highest BCUT2D eigenvalue weighted by atomic mass is 19.4. The number of carbonyl (C=O) groups is 1. The number of pyridine rings is 1. The molecule has 0 atom stereocenters. The summed E-state index contributed by atoms with van der Waals surface area (Å²) in [6, 6.07) is 2.16. The number of nitrogens with zero attached hydrogens (tertiary/aromatic N) is 4. The molecule has 2 aromatic heterocycles. The van der Waals surface area contributed by atoms with E-state index < -0.39 is 11.7 Å². The third-order valence-electron chi connectivity index (χ3n) is 3.35. The van der Waals surface area contributed by atoms with Crippen molar-refractivity contribution in [2.24, 2.45) is 0 Å². The van der Waals surface area contributed by atoms with Gasteiger partial charge < -0.3 is 4.90 Å². The molecule has 0 unspecified atom stereocenters. The first-order valence-electron chi connectivity index (χ1n) is 6.59. The number of aromatic nitrogens is 3. The zero-order chi connectivity index (χ0) is 16.5. The number of alkyl halides is 3. The van der Waals surface area contributed by atoms with Crippen molar-refractivity contribution in [1.82, 2.24) is 19.7 Å². The highest BCUT2D eigenvalue weighted by Gasteiger charge is 2.30. The Hall–Kier alpha value is -2.38. The van der Waals surface area contributed by atoms with E-state index in [-0.39, 0.29) is 11.7 Å². The quantitative estimate of drug-likeness (QED) is 0.875. The molecule has 2 rings (SSSR count). The Balaban J connectivity index is 2.35. The molecule has 0 radical (unpaired) electrons. The minimum atomic E-state index is -4.43. The molecule has 0 fully saturated rings. The zero-order valence-electron chi connectivity index (χ0n) is 12.3. The van der Waals surface area contributed by atoms with Crippen LogP contribution < -0.4 is 0 Å². The molecule has 118 valence electrons. The van der Waals surface area contributed by atoms with Gasteiger partial charge in [-0.15, -0.1) is 0 Å². The molecule has 8 heteroatoms. The Morgan fingerprint density at radius 1 is 1.32 bits per heavy atom. The molecule has 0 saturated heterocycles. The monoisotopic (exact) mass is 312 g/mol. The minimum Gasteiger partial charge on any atom is -0.342 e. The summed E-state index contributed by atoms with van der Waals surface area (Å²) in [5.74, 6) is 0.0295. The lowest BCUT2D eigenvalue weighted by molar-refractivity contribution is -0.137. The number of halogens is 3. The van der Waals surface area contributed by atoms with Gasteiger partial charge in [0, 0.05) is 19.8 Å². The summed E-state index contributed by atoms with van der Waals surface area (Å²) in [4.78, 5) is 17.4. The number of carbonyl (C=O) groups excluding carboxylic acids is 1. The highest BCUT2D eigenvalue weighted by molar-refractivity contribution is 5.95. The SMILES string of the molecule is CCN(C)C(=O)c1cnn(-c2ccc(C(F)(F)F)cn2)c1C. The molecule has 0 aliphatic rings.